The van der Waals surface area contributed by atoms with E-state index in [0.29, 0.717) is 10.8 Å². The number of aromatic nitrogens is 2. The van der Waals surface area contributed by atoms with Gasteiger partial charge in [0.2, 0.25) is 0 Å². The molecule has 0 fully saturated rings. The third kappa shape index (κ3) is 2.29. The molecular formula is C9H8N4OS. The van der Waals surface area contributed by atoms with Crippen LogP contribution in [-0.2, 0) is 0 Å². The van der Waals surface area contributed by atoms with Gasteiger partial charge in [0.1, 0.15) is 5.69 Å². The fourth-order valence-electron chi connectivity index (χ4n) is 1.02. The highest BCUT2D eigenvalue weighted by Crippen LogP contribution is 2.12. The maximum Gasteiger partial charge on any atom is 0.276 e. The van der Waals surface area contributed by atoms with Gasteiger partial charge in [0.15, 0.2) is 5.13 Å². The third-order valence-electron chi connectivity index (χ3n) is 1.67. The zero-order valence-electron chi connectivity index (χ0n) is 7.68. The highest BCUT2D eigenvalue weighted by atomic mass is 32.1. The topological polar surface area (TPSA) is 80.9 Å². The smallest absolute Gasteiger partial charge is 0.276 e. The Labute approximate surface area is 90.0 Å². The molecule has 15 heavy (non-hydrogen) atoms. The van der Waals surface area contributed by atoms with E-state index < -0.39 is 0 Å². The minimum atomic E-state index is -0.308. The van der Waals surface area contributed by atoms with Gasteiger partial charge in [-0.25, -0.2) is 4.98 Å². The van der Waals surface area contributed by atoms with Gasteiger partial charge in [-0.3, -0.25) is 15.1 Å². The van der Waals surface area contributed by atoms with Crippen LogP contribution >= 0.6 is 11.3 Å². The number of nitrogen functional groups attached to an aromatic ring is 1. The second-order valence-corrected chi connectivity index (χ2v) is 3.66. The van der Waals surface area contributed by atoms with Crippen LogP contribution in [0.25, 0.3) is 0 Å². The van der Waals surface area contributed by atoms with Crippen LogP contribution in [0.2, 0.25) is 0 Å². The fraction of sp³-hybridized carbons (Fsp3) is 0. The molecule has 2 heterocycles. The molecule has 0 aliphatic heterocycles. The Kier molecular flexibility index (Phi) is 2.59. The van der Waals surface area contributed by atoms with Gasteiger partial charge in [0.25, 0.3) is 5.91 Å². The lowest BCUT2D eigenvalue weighted by molar-refractivity contribution is 0.102. The van der Waals surface area contributed by atoms with E-state index >= 15 is 0 Å². The van der Waals surface area contributed by atoms with Crippen molar-refractivity contribution in [2.24, 2.45) is 0 Å². The number of nitrogens with zero attached hydrogens (tertiary/aromatic N) is 2. The number of thiazole rings is 1. The largest absolute Gasteiger partial charge is 0.399 e. The number of nitrogens with one attached hydrogen (secondary N) is 1. The van der Waals surface area contributed by atoms with Crippen LogP contribution in [0.3, 0.4) is 0 Å². The molecule has 0 saturated heterocycles. The Morgan fingerprint density at radius 2 is 2.27 bits per heavy atom. The van der Waals surface area contributed by atoms with Crippen molar-refractivity contribution in [1.29, 1.82) is 0 Å². The molecule has 6 heteroatoms. The standard InChI is InChI=1S/C9H8N4OS/c10-6-1-2-11-7(5-6)8(14)13-9-12-3-4-15-9/h1-5H,(H2,10,11)(H,12,13,14). The van der Waals surface area contributed by atoms with Crippen molar-refractivity contribution in [3.05, 3.63) is 35.6 Å². The summed E-state index contributed by atoms with van der Waals surface area (Å²) in [5.74, 6) is -0.308. The number of pyridine rings is 1. The first kappa shape index (κ1) is 9.60. The van der Waals surface area contributed by atoms with Crippen LogP contribution in [0, 0.1) is 0 Å². The van der Waals surface area contributed by atoms with Crippen molar-refractivity contribution in [3.8, 4) is 0 Å². The third-order valence-corrected chi connectivity index (χ3v) is 2.36. The molecule has 3 N–H and O–H groups in total. The van der Waals surface area contributed by atoms with E-state index in [1.54, 1.807) is 17.6 Å². The lowest BCUT2D eigenvalue weighted by Crippen LogP contribution is -2.13. The Hall–Kier alpha value is -1.95. The molecule has 2 aromatic heterocycles. The van der Waals surface area contributed by atoms with Gasteiger partial charge in [-0.15, -0.1) is 11.3 Å². The number of carbonyl (C=O) groups excluding carboxylic acids is 1. The fourth-order valence-corrected chi connectivity index (χ4v) is 1.54. The molecule has 0 unspecified atom stereocenters. The van der Waals surface area contributed by atoms with Crippen LogP contribution in [0.5, 0.6) is 0 Å². The van der Waals surface area contributed by atoms with Crippen LogP contribution in [-0.4, -0.2) is 15.9 Å². The van der Waals surface area contributed by atoms with Crippen molar-refractivity contribution < 1.29 is 4.79 Å². The van der Waals surface area contributed by atoms with E-state index in [0.717, 1.165) is 0 Å². The van der Waals surface area contributed by atoms with Gasteiger partial charge < -0.3 is 5.73 Å². The van der Waals surface area contributed by atoms with E-state index in [1.807, 2.05) is 0 Å². The predicted molar refractivity (Wildman–Crippen MR) is 58.7 cm³/mol. The maximum absolute atomic E-state index is 11.6. The number of hydrogen-bond acceptors (Lipinski definition) is 5. The lowest BCUT2D eigenvalue weighted by atomic mass is 10.3. The molecular weight excluding hydrogens is 212 g/mol. The average molecular weight is 220 g/mol. The van der Waals surface area contributed by atoms with E-state index in [4.69, 9.17) is 5.73 Å². The molecule has 0 aliphatic carbocycles. The molecule has 0 radical (unpaired) electrons. The number of nitrogens with two attached hydrogens (primary N) is 1. The molecule has 1 amide bonds. The van der Waals surface area contributed by atoms with Gasteiger partial charge in [0.05, 0.1) is 0 Å². The number of anilines is 2. The first-order chi connectivity index (χ1) is 7.25. The molecule has 0 spiro atoms. The summed E-state index contributed by atoms with van der Waals surface area (Å²) in [7, 11) is 0. The molecule has 0 aliphatic rings. The zero-order chi connectivity index (χ0) is 10.7. The Balaban J connectivity index is 2.15. The Bertz CT molecular complexity index is 469. The maximum atomic E-state index is 11.6. The van der Waals surface area contributed by atoms with E-state index in [1.165, 1.54) is 23.6 Å². The zero-order valence-corrected chi connectivity index (χ0v) is 8.49. The van der Waals surface area contributed by atoms with Crippen molar-refractivity contribution in [2.45, 2.75) is 0 Å². The first-order valence-corrected chi connectivity index (χ1v) is 5.06. The molecule has 0 aromatic carbocycles. The summed E-state index contributed by atoms with van der Waals surface area (Å²) in [5, 5.41) is 4.94. The molecule has 2 aromatic rings. The van der Waals surface area contributed by atoms with E-state index in [-0.39, 0.29) is 11.6 Å². The van der Waals surface area contributed by atoms with Gasteiger partial charge in [-0.05, 0) is 12.1 Å². The second kappa shape index (κ2) is 4.05. The second-order valence-electron chi connectivity index (χ2n) is 2.77. The molecule has 76 valence electrons. The quantitative estimate of drug-likeness (QED) is 0.801. The van der Waals surface area contributed by atoms with Crippen molar-refractivity contribution in [1.82, 2.24) is 9.97 Å². The normalized spacial score (nSPS) is 9.87. The van der Waals surface area contributed by atoms with Gasteiger partial charge in [0, 0.05) is 23.5 Å². The number of hydrogen-bond donors (Lipinski definition) is 2. The number of amides is 1. The van der Waals surface area contributed by atoms with Crippen LogP contribution in [0.1, 0.15) is 10.5 Å². The monoisotopic (exact) mass is 220 g/mol. The Morgan fingerprint density at radius 3 is 2.93 bits per heavy atom. The molecule has 2 rings (SSSR count). The number of rotatable bonds is 2. The van der Waals surface area contributed by atoms with Gasteiger partial charge >= 0.3 is 0 Å². The highest BCUT2D eigenvalue weighted by molar-refractivity contribution is 7.13. The predicted octanol–water partition coefficient (Wildman–Crippen LogP) is 1.37. The molecule has 0 bridgehead atoms. The Morgan fingerprint density at radius 1 is 1.40 bits per heavy atom. The van der Waals surface area contributed by atoms with Crippen molar-refractivity contribution in [3.63, 3.8) is 0 Å². The van der Waals surface area contributed by atoms with Crippen LogP contribution in [0.15, 0.2) is 29.9 Å². The summed E-state index contributed by atoms with van der Waals surface area (Å²) in [6, 6.07) is 3.14. The van der Waals surface area contributed by atoms with E-state index in [2.05, 4.69) is 15.3 Å². The lowest BCUT2D eigenvalue weighted by Gasteiger charge is -2.00. The minimum Gasteiger partial charge on any atom is -0.399 e. The first-order valence-electron chi connectivity index (χ1n) is 4.18. The van der Waals surface area contributed by atoms with Gasteiger partial charge in [-0.2, -0.15) is 0 Å². The molecule has 5 nitrogen and oxygen atoms in total. The number of carbonyl (C=O) groups is 1. The summed E-state index contributed by atoms with van der Waals surface area (Å²) in [5.41, 5.74) is 6.33. The summed E-state index contributed by atoms with van der Waals surface area (Å²) in [4.78, 5) is 19.4. The van der Waals surface area contributed by atoms with Crippen LogP contribution < -0.4 is 11.1 Å². The summed E-state index contributed by atoms with van der Waals surface area (Å²) >= 11 is 1.35. The van der Waals surface area contributed by atoms with E-state index in [9.17, 15) is 4.79 Å². The summed E-state index contributed by atoms with van der Waals surface area (Å²) in [6.07, 6.45) is 3.11. The highest BCUT2D eigenvalue weighted by Gasteiger charge is 2.08. The molecule has 0 atom stereocenters. The summed E-state index contributed by atoms with van der Waals surface area (Å²) in [6.45, 7) is 0. The van der Waals surface area contributed by atoms with Gasteiger partial charge in [-0.1, -0.05) is 0 Å². The summed E-state index contributed by atoms with van der Waals surface area (Å²) < 4.78 is 0. The average Bonchev–Trinajstić information content (AvgIpc) is 2.70. The van der Waals surface area contributed by atoms with Crippen LogP contribution in [0.4, 0.5) is 10.8 Å². The van der Waals surface area contributed by atoms with Crippen molar-refractivity contribution >= 4 is 28.1 Å². The van der Waals surface area contributed by atoms with Crippen molar-refractivity contribution in [2.75, 3.05) is 11.1 Å². The molecule has 0 saturated carbocycles. The minimum absolute atomic E-state index is 0.283. The SMILES string of the molecule is Nc1ccnc(C(=O)Nc2nccs2)c1.